The van der Waals surface area contributed by atoms with E-state index in [4.69, 9.17) is 0 Å². The third kappa shape index (κ3) is 2.78. The second kappa shape index (κ2) is 6.77. The van der Waals surface area contributed by atoms with E-state index in [1.54, 1.807) is 18.6 Å². The average Bonchev–Trinajstić information content (AvgIpc) is 3.42. The maximum atomic E-state index is 15.2. The highest BCUT2D eigenvalue weighted by molar-refractivity contribution is 5.69. The number of anilines is 1. The van der Waals surface area contributed by atoms with Crippen molar-refractivity contribution in [3.8, 4) is 22.7 Å². The van der Waals surface area contributed by atoms with Gasteiger partial charge in [0.1, 0.15) is 11.9 Å². The van der Waals surface area contributed by atoms with E-state index >= 15 is 4.39 Å². The molecule has 0 spiro atoms. The summed E-state index contributed by atoms with van der Waals surface area (Å²) in [5.74, 6) is 1.03. The maximum Gasteiger partial charge on any atom is 0.151 e. The number of fused-ring (bicyclic) bond motifs is 2. The summed E-state index contributed by atoms with van der Waals surface area (Å²) >= 11 is 0. The zero-order valence-corrected chi connectivity index (χ0v) is 17.3. The van der Waals surface area contributed by atoms with Crippen molar-refractivity contribution in [2.75, 3.05) is 25.5 Å². The zero-order valence-electron chi connectivity index (χ0n) is 17.3. The third-order valence-corrected chi connectivity index (χ3v) is 6.95. The number of benzene rings is 1. The smallest absolute Gasteiger partial charge is 0.151 e. The van der Waals surface area contributed by atoms with Gasteiger partial charge in [0.2, 0.25) is 0 Å². The Morgan fingerprint density at radius 2 is 2.07 bits per heavy atom. The number of nitrogens with zero attached hydrogens (tertiary/aromatic N) is 6. The number of phenols is 1. The van der Waals surface area contributed by atoms with Crippen LogP contribution in [0.3, 0.4) is 0 Å². The second-order valence-electron chi connectivity index (χ2n) is 8.65. The fourth-order valence-corrected chi connectivity index (χ4v) is 5.10. The van der Waals surface area contributed by atoms with Gasteiger partial charge in [-0.3, -0.25) is 4.90 Å². The van der Waals surface area contributed by atoms with E-state index in [-0.39, 0.29) is 17.7 Å². The van der Waals surface area contributed by atoms with Gasteiger partial charge in [0, 0.05) is 37.6 Å². The van der Waals surface area contributed by atoms with Crippen LogP contribution in [0.2, 0.25) is 0 Å². The van der Waals surface area contributed by atoms with E-state index in [0.717, 1.165) is 18.7 Å². The van der Waals surface area contributed by atoms with Gasteiger partial charge in [-0.25, -0.2) is 9.37 Å². The minimum Gasteiger partial charge on any atom is -0.507 e. The molecule has 1 unspecified atom stereocenters. The Morgan fingerprint density at radius 3 is 2.67 bits per heavy atom. The predicted molar refractivity (Wildman–Crippen MR) is 112 cm³/mol. The van der Waals surface area contributed by atoms with E-state index in [1.165, 1.54) is 0 Å². The number of rotatable bonds is 4. The first kappa shape index (κ1) is 19.0. The van der Waals surface area contributed by atoms with Crippen LogP contribution < -0.4 is 4.90 Å². The molecular weight excluding hydrogens is 383 g/mol. The molecule has 2 fully saturated rings. The van der Waals surface area contributed by atoms with Gasteiger partial charge in [-0.05, 0) is 50.6 Å². The SMILES string of the molecule is CN(c1ccc(-c2ccc(-n3ccnc3)cc2O)nn1)[C@@H]1C2CN(C)[C@](C)(C2)[C@@H]1F. The molecule has 1 aliphatic carbocycles. The number of piperidine rings is 1. The fraction of sp³-hybridized carbons (Fsp3) is 0.409. The molecule has 7 nitrogen and oxygen atoms in total. The number of aromatic nitrogens is 4. The Hall–Kier alpha value is -3.00. The molecule has 2 aliphatic rings. The number of aromatic hydroxyl groups is 1. The van der Waals surface area contributed by atoms with E-state index in [1.807, 2.05) is 60.9 Å². The quantitative estimate of drug-likeness (QED) is 0.716. The van der Waals surface area contributed by atoms with Crippen molar-refractivity contribution in [3.05, 3.63) is 49.1 Å². The second-order valence-corrected chi connectivity index (χ2v) is 8.65. The molecule has 156 valence electrons. The topological polar surface area (TPSA) is 70.3 Å². The molecule has 0 radical (unpaired) electrons. The van der Waals surface area contributed by atoms with Gasteiger partial charge in [0.05, 0.1) is 29.3 Å². The predicted octanol–water partition coefficient (Wildman–Crippen LogP) is 2.90. The first-order valence-corrected chi connectivity index (χ1v) is 10.1. The van der Waals surface area contributed by atoms with Crippen LogP contribution in [0.4, 0.5) is 10.2 Å². The molecule has 1 saturated heterocycles. The summed E-state index contributed by atoms with van der Waals surface area (Å²) in [6.07, 6.45) is 5.09. The molecule has 1 N–H and O–H groups in total. The van der Waals surface area contributed by atoms with Gasteiger partial charge in [-0.15, -0.1) is 10.2 Å². The van der Waals surface area contributed by atoms with Crippen molar-refractivity contribution in [2.24, 2.45) is 5.92 Å². The first-order chi connectivity index (χ1) is 14.4. The molecule has 3 aromatic rings. The summed E-state index contributed by atoms with van der Waals surface area (Å²) in [5.41, 5.74) is 1.57. The van der Waals surface area contributed by atoms with Crippen molar-refractivity contribution in [2.45, 2.75) is 31.1 Å². The largest absolute Gasteiger partial charge is 0.507 e. The summed E-state index contributed by atoms with van der Waals surface area (Å²) in [6.45, 7) is 2.91. The molecular formula is C22H25FN6O. The lowest BCUT2D eigenvalue weighted by Crippen LogP contribution is -2.57. The molecule has 1 aliphatic heterocycles. The Morgan fingerprint density at radius 1 is 1.23 bits per heavy atom. The Labute approximate surface area is 174 Å². The number of alkyl halides is 1. The van der Waals surface area contributed by atoms with Gasteiger partial charge in [0.25, 0.3) is 0 Å². The summed E-state index contributed by atoms with van der Waals surface area (Å²) in [5, 5.41) is 19.1. The van der Waals surface area contributed by atoms with Gasteiger partial charge < -0.3 is 14.6 Å². The normalized spacial score (nSPS) is 28.2. The van der Waals surface area contributed by atoms with Crippen LogP contribution in [0, 0.1) is 5.92 Å². The van der Waals surface area contributed by atoms with Crippen LogP contribution in [0.5, 0.6) is 5.75 Å². The molecule has 1 saturated carbocycles. The average molecular weight is 408 g/mol. The summed E-state index contributed by atoms with van der Waals surface area (Å²) in [6, 6.07) is 8.82. The molecule has 2 bridgehead atoms. The van der Waals surface area contributed by atoms with Crippen LogP contribution in [0.15, 0.2) is 49.1 Å². The molecule has 8 heteroatoms. The maximum absolute atomic E-state index is 15.2. The number of halogens is 1. The molecule has 4 atom stereocenters. The Bertz CT molecular complexity index is 1060. The molecule has 5 rings (SSSR count). The van der Waals surface area contributed by atoms with E-state index < -0.39 is 11.7 Å². The van der Waals surface area contributed by atoms with Crippen LogP contribution in [-0.2, 0) is 0 Å². The van der Waals surface area contributed by atoms with Crippen LogP contribution in [0.25, 0.3) is 16.9 Å². The number of hydrogen-bond acceptors (Lipinski definition) is 6. The Balaban J connectivity index is 1.37. The number of likely N-dealkylation sites (tertiary alicyclic amines) is 1. The summed E-state index contributed by atoms with van der Waals surface area (Å²) in [4.78, 5) is 8.08. The van der Waals surface area contributed by atoms with Gasteiger partial charge in [-0.2, -0.15) is 0 Å². The highest BCUT2D eigenvalue weighted by Crippen LogP contribution is 2.49. The van der Waals surface area contributed by atoms with Gasteiger partial charge in [-0.1, -0.05) is 0 Å². The summed E-state index contributed by atoms with van der Waals surface area (Å²) in [7, 11) is 3.89. The van der Waals surface area contributed by atoms with Crippen molar-refractivity contribution in [3.63, 3.8) is 0 Å². The zero-order chi connectivity index (χ0) is 21.0. The van der Waals surface area contributed by atoms with E-state index in [2.05, 4.69) is 20.1 Å². The molecule has 1 aromatic carbocycles. The van der Waals surface area contributed by atoms with Crippen molar-refractivity contribution in [1.29, 1.82) is 0 Å². The molecule has 0 amide bonds. The summed E-state index contributed by atoms with van der Waals surface area (Å²) < 4.78 is 17.0. The number of hydrogen-bond donors (Lipinski definition) is 1. The number of imidazole rings is 1. The monoisotopic (exact) mass is 408 g/mol. The van der Waals surface area contributed by atoms with Crippen molar-refractivity contribution >= 4 is 5.82 Å². The fourth-order valence-electron chi connectivity index (χ4n) is 5.10. The highest BCUT2D eigenvalue weighted by atomic mass is 19.1. The molecule has 3 heterocycles. The Kier molecular flexibility index (Phi) is 4.28. The van der Waals surface area contributed by atoms with Gasteiger partial charge in [0.15, 0.2) is 5.82 Å². The lowest BCUT2D eigenvalue weighted by atomic mass is 9.95. The third-order valence-electron chi connectivity index (χ3n) is 6.95. The van der Waals surface area contributed by atoms with E-state index in [9.17, 15) is 5.11 Å². The number of phenolic OH excluding ortho intramolecular Hbond substituents is 1. The van der Waals surface area contributed by atoms with Crippen LogP contribution >= 0.6 is 0 Å². The molecule has 30 heavy (non-hydrogen) atoms. The molecule has 2 aromatic heterocycles. The standard InChI is InChI=1S/C22H25FN6O/c1-22-11-14(12-27(22)2)20(21(22)23)28(3)19-7-6-17(25-26-19)16-5-4-15(10-18(16)30)29-9-8-24-13-29/h4-10,13-14,20-21,30H,11-12H2,1-3H3/t14?,20-,21-,22-/m1/s1. The lowest BCUT2D eigenvalue weighted by Gasteiger charge is -2.42. The minimum absolute atomic E-state index is 0.115. The van der Waals surface area contributed by atoms with Gasteiger partial charge >= 0.3 is 0 Å². The first-order valence-electron chi connectivity index (χ1n) is 10.1. The van der Waals surface area contributed by atoms with Crippen molar-refractivity contribution in [1.82, 2.24) is 24.6 Å². The lowest BCUT2D eigenvalue weighted by molar-refractivity contribution is 0.0572. The highest BCUT2D eigenvalue weighted by Gasteiger charge is 2.60. The van der Waals surface area contributed by atoms with Crippen LogP contribution in [0.1, 0.15) is 13.3 Å². The minimum atomic E-state index is -0.938. The van der Waals surface area contributed by atoms with Crippen LogP contribution in [-0.4, -0.2) is 68.1 Å². The van der Waals surface area contributed by atoms with E-state index in [0.29, 0.717) is 17.1 Å². The van der Waals surface area contributed by atoms with Crippen molar-refractivity contribution < 1.29 is 9.50 Å².